The minimum absolute atomic E-state index is 0.156. The van der Waals surface area contributed by atoms with Crippen molar-refractivity contribution in [3.8, 4) is 17.4 Å². The molecule has 2 aromatic rings. The minimum Gasteiger partial charge on any atom is -0.493 e. The van der Waals surface area contributed by atoms with Gasteiger partial charge in [0.1, 0.15) is 12.1 Å². The molecule has 7 heteroatoms. The lowest BCUT2D eigenvalue weighted by Gasteiger charge is -2.41. The lowest BCUT2D eigenvalue weighted by molar-refractivity contribution is -0.137. The highest BCUT2D eigenvalue weighted by Gasteiger charge is 2.33. The van der Waals surface area contributed by atoms with Gasteiger partial charge in [0.05, 0.1) is 7.11 Å². The first-order valence-electron chi connectivity index (χ1n) is 10.7. The molecule has 0 N–H and O–H groups in total. The van der Waals surface area contributed by atoms with Gasteiger partial charge in [0.15, 0.2) is 11.5 Å². The zero-order chi connectivity index (χ0) is 21.1. The van der Waals surface area contributed by atoms with Crippen molar-refractivity contribution < 1.29 is 14.3 Å². The van der Waals surface area contributed by atoms with Gasteiger partial charge in [-0.05, 0) is 44.4 Å². The summed E-state index contributed by atoms with van der Waals surface area (Å²) in [5, 5.41) is 0. The van der Waals surface area contributed by atoms with Crippen LogP contribution in [0.4, 0.5) is 5.82 Å². The van der Waals surface area contributed by atoms with Crippen molar-refractivity contribution in [1.29, 1.82) is 0 Å². The van der Waals surface area contributed by atoms with Crippen LogP contribution < -0.4 is 14.4 Å². The maximum Gasteiger partial charge on any atom is 0.226 e. The summed E-state index contributed by atoms with van der Waals surface area (Å²) in [5.74, 6) is 3.13. The molecule has 1 saturated carbocycles. The fourth-order valence-electron chi connectivity index (χ4n) is 4.43. The Morgan fingerprint density at radius 1 is 1.10 bits per heavy atom. The van der Waals surface area contributed by atoms with Crippen LogP contribution in [0.2, 0.25) is 0 Å². The van der Waals surface area contributed by atoms with Crippen LogP contribution in [0.15, 0.2) is 30.6 Å². The van der Waals surface area contributed by atoms with Gasteiger partial charge in [-0.2, -0.15) is 0 Å². The number of hydrogen-bond acceptors (Lipinski definition) is 6. The van der Waals surface area contributed by atoms with Crippen LogP contribution in [0.5, 0.6) is 17.4 Å². The van der Waals surface area contributed by atoms with Gasteiger partial charge < -0.3 is 19.3 Å². The molecule has 1 aromatic heterocycles. The second kappa shape index (κ2) is 8.90. The van der Waals surface area contributed by atoms with Gasteiger partial charge >= 0.3 is 0 Å². The number of amides is 1. The summed E-state index contributed by atoms with van der Waals surface area (Å²) in [5.41, 5.74) is 1.10. The second-order valence-electron chi connectivity index (χ2n) is 8.28. The molecule has 4 rings (SSSR count). The molecule has 1 aliphatic heterocycles. The normalized spacial score (nSPS) is 19.8. The summed E-state index contributed by atoms with van der Waals surface area (Å²) in [7, 11) is 1.63. The van der Waals surface area contributed by atoms with E-state index in [-0.39, 0.29) is 12.0 Å². The number of carbonyl (C=O) groups is 1. The van der Waals surface area contributed by atoms with Gasteiger partial charge in [-0.15, -0.1) is 0 Å². The Hall–Kier alpha value is -2.83. The molecule has 1 amide bonds. The van der Waals surface area contributed by atoms with E-state index in [2.05, 4.69) is 26.7 Å². The van der Waals surface area contributed by atoms with E-state index >= 15 is 0 Å². The van der Waals surface area contributed by atoms with Crippen LogP contribution in [-0.4, -0.2) is 53.6 Å². The highest BCUT2D eigenvalue weighted by Crippen LogP contribution is 2.33. The summed E-state index contributed by atoms with van der Waals surface area (Å²) in [6.07, 6.45) is 5.97. The van der Waals surface area contributed by atoms with E-state index < -0.39 is 0 Å². The van der Waals surface area contributed by atoms with Gasteiger partial charge in [-0.1, -0.05) is 18.9 Å². The summed E-state index contributed by atoms with van der Waals surface area (Å²) < 4.78 is 11.4. The number of ether oxygens (including phenoxy) is 2. The Morgan fingerprint density at radius 3 is 2.63 bits per heavy atom. The Bertz CT molecular complexity index is 898. The van der Waals surface area contributed by atoms with Gasteiger partial charge in [0.25, 0.3) is 0 Å². The molecule has 1 atom stereocenters. The lowest BCUT2D eigenvalue weighted by Crippen LogP contribution is -2.55. The number of aryl methyl sites for hydroxylation is 1. The number of anilines is 1. The first-order valence-corrected chi connectivity index (χ1v) is 10.7. The molecule has 2 heterocycles. The van der Waals surface area contributed by atoms with Gasteiger partial charge in [-0.3, -0.25) is 4.79 Å². The topological polar surface area (TPSA) is 67.8 Å². The summed E-state index contributed by atoms with van der Waals surface area (Å²) >= 11 is 0. The summed E-state index contributed by atoms with van der Waals surface area (Å²) in [6.45, 7) is 6.36. The van der Waals surface area contributed by atoms with Crippen LogP contribution in [0.3, 0.4) is 0 Å². The predicted molar refractivity (Wildman–Crippen MR) is 115 cm³/mol. The standard InChI is InChI=1S/C23H30N4O3/c1-16-8-9-19(20(12-16)29-3)30-22-13-21(24-15-25-22)26-10-11-27(17(2)14-26)23(28)18-6-4-5-7-18/h8-9,12-13,15,17-18H,4-7,10-11,14H2,1-3H3/t17-/m0/s1. The van der Waals surface area contributed by atoms with Crippen molar-refractivity contribution in [3.05, 3.63) is 36.2 Å². The highest BCUT2D eigenvalue weighted by molar-refractivity contribution is 5.79. The Kier molecular flexibility index (Phi) is 6.06. The molecule has 2 fully saturated rings. The van der Waals surface area contributed by atoms with Gasteiger partial charge in [0.2, 0.25) is 11.8 Å². The largest absolute Gasteiger partial charge is 0.493 e. The average molecular weight is 411 g/mol. The molecule has 1 saturated heterocycles. The van der Waals surface area contributed by atoms with Gasteiger partial charge in [-0.25, -0.2) is 9.97 Å². The first-order chi connectivity index (χ1) is 14.5. The molecule has 1 aromatic carbocycles. The van der Waals surface area contributed by atoms with E-state index in [1.54, 1.807) is 7.11 Å². The highest BCUT2D eigenvalue weighted by atomic mass is 16.5. The monoisotopic (exact) mass is 410 g/mol. The van der Waals surface area contributed by atoms with E-state index in [0.29, 0.717) is 23.3 Å². The number of aromatic nitrogens is 2. The summed E-state index contributed by atoms with van der Waals surface area (Å²) in [4.78, 5) is 25.8. The molecule has 0 unspecified atom stereocenters. The zero-order valence-corrected chi connectivity index (χ0v) is 18.0. The SMILES string of the molecule is COc1cc(C)ccc1Oc1cc(N2CCN(C(=O)C3CCCC3)[C@@H](C)C2)ncn1. The van der Waals surface area contributed by atoms with Crippen molar-refractivity contribution in [2.45, 2.75) is 45.6 Å². The van der Waals surface area contributed by atoms with E-state index in [0.717, 1.165) is 43.9 Å². The molecule has 2 aliphatic rings. The zero-order valence-electron chi connectivity index (χ0n) is 18.0. The van der Waals surface area contributed by atoms with E-state index in [1.165, 1.54) is 19.2 Å². The number of hydrogen-bond donors (Lipinski definition) is 0. The third-order valence-corrected chi connectivity index (χ3v) is 6.10. The smallest absolute Gasteiger partial charge is 0.226 e. The average Bonchev–Trinajstić information content (AvgIpc) is 3.29. The molecule has 30 heavy (non-hydrogen) atoms. The molecular weight excluding hydrogens is 380 g/mol. The molecule has 1 aliphatic carbocycles. The Labute approximate surface area is 178 Å². The fraction of sp³-hybridized carbons (Fsp3) is 0.522. The van der Waals surface area contributed by atoms with Crippen molar-refractivity contribution in [1.82, 2.24) is 14.9 Å². The number of carbonyl (C=O) groups excluding carboxylic acids is 1. The van der Waals surface area contributed by atoms with Crippen LogP contribution in [-0.2, 0) is 4.79 Å². The number of rotatable bonds is 5. The number of methoxy groups -OCH3 is 1. The molecule has 0 radical (unpaired) electrons. The van der Waals surface area contributed by atoms with Crippen molar-refractivity contribution in [3.63, 3.8) is 0 Å². The summed E-state index contributed by atoms with van der Waals surface area (Å²) in [6, 6.07) is 7.79. The van der Waals surface area contributed by atoms with E-state index in [1.807, 2.05) is 31.2 Å². The van der Waals surface area contributed by atoms with E-state index in [9.17, 15) is 4.79 Å². The number of nitrogens with zero attached hydrogens (tertiary/aromatic N) is 4. The van der Waals surface area contributed by atoms with Gasteiger partial charge in [0, 0.05) is 37.7 Å². The van der Waals surface area contributed by atoms with Crippen molar-refractivity contribution in [2.24, 2.45) is 5.92 Å². The second-order valence-corrected chi connectivity index (χ2v) is 8.28. The maximum absolute atomic E-state index is 12.8. The fourth-order valence-corrected chi connectivity index (χ4v) is 4.43. The molecule has 7 nitrogen and oxygen atoms in total. The molecule has 0 spiro atoms. The predicted octanol–water partition coefficient (Wildman–Crippen LogP) is 3.81. The van der Waals surface area contributed by atoms with Crippen LogP contribution >= 0.6 is 0 Å². The molecular formula is C23H30N4O3. The first kappa shape index (κ1) is 20.4. The van der Waals surface area contributed by atoms with Crippen LogP contribution in [0.25, 0.3) is 0 Å². The lowest BCUT2D eigenvalue weighted by atomic mass is 10.0. The van der Waals surface area contributed by atoms with Crippen LogP contribution in [0.1, 0.15) is 38.2 Å². The number of benzene rings is 1. The number of piperazine rings is 1. The molecule has 0 bridgehead atoms. The molecule has 160 valence electrons. The quantitative estimate of drug-likeness (QED) is 0.747. The van der Waals surface area contributed by atoms with Crippen molar-refractivity contribution >= 4 is 11.7 Å². The minimum atomic E-state index is 0.156. The van der Waals surface area contributed by atoms with Crippen molar-refractivity contribution in [2.75, 3.05) is 31.6 Å². The van der Waals surface area contributed by atoms with E-state index in [4.69, 9.17) is 9.47 Å². The maximum atomic E-state index is 12.8. The third-order valence-electron chi connectivity index (χ3n) is 6.10. The Morgan fingerprint density at radius 2 is 1.90 bits per heavy atom. The third kappa shape index (κ3) is 4.35. The van der Waals surface area contributed by atoms with Crippen LogP contribution in [0, 0.1) is 12.8 Å². The Balaban J connectivity index is 1.44.